The van der Waals surface area contributed by atoms with Gasteiger partial charge in [0.25, 0.3) is 0 Å². The van der Waals surface area contributed by atoms with Crippen molar-refractivity contribution in [3.05, 3.63) is 48.0 Å². The van der Waals surface area contributed by atoms with Gasteiger partial charge in [0.1, 0.15) is 0 Å². The average molecular weight is 160 g/mol. The topological polar surface area (TPSA) is 12.5 Å². The summed E-state index contributed by atoms with van der Waals surface area (Å²) in [6.07, 6.45) is 5.73. The number of epoxide rings is 1. The maximum Gasteiger partial charge on any atom is 0.0991 e. The molecule has 1 atom stereocenters. The van der Waals surface area contributed by atoms with Crippen molar-refractivity contribution in [2.24, 2.45) is 0 Å². The molecule has 1 aromatic rings. The van der Waals surface area contributed by atoms with Crippen molar-refractivity contribution >= 4 is 0 Å². The largest absolute Gasteiger partial charge is 0.369 e. The van der Waals surface area contributed by atoms with Crippen molar-refractivity contribution in [1.29, 1.82) is 0 Å². The fourth-order valence-corrected chi connectivity index (χ4v) is 1.14. The molecule has 2 rings (SSSR count). The third kappa shape index (κ3) is 2.21. The second kappa shape index (κ2) is 3.55. The van der Waals surface area contributed by atoms with E-state index in [4.69, 9.17) is 4.74 Å². The van der Waals surface area contributed by atoms with E-state index in [1.165, 1.54) is 5.56 Å². The van der Waals surface area contributed by atoms with Crippen LogP contribution in [0.25, 0.3) is 0 Å². The molecule has 0 amide bonds. The monoisotopic (exact) mass is 160 g/mol. The lowest BCUT2D eigenvalue weighted by Gasteiger charge is -1.92. The molecule has 0 aromatic heterocycles. The molecule has 0 bridgehead atoms. The molecule has 1 heteroatoms. The third-order valence-electron chi connectivity index (χ3n) is 1.91. The first-order chi connectivity index (χ1) is 5.95. The summed E-state index contributed by atoms with van der Waals surface area (Å²) in [4.78, 5) is 0. The van der Waals surface area contributed by atoms with Gasteiger partial charge in [0.15, 0.2) is 0 Å². The Bertz CT molecular complexity index is 260. The number of rotatable bonds is 3. The average Bonchev–Trinajstić information content (AvgIpc) is 2.90. The van der Waals surface area contributed by atoms with E-state index >= 15 is 0 Å². The van der Waals surface area contributed by atoms with Crippen LogP contribution in [0.4, 0.5) is 0 Å². The lowest BCUT2D eigenvalue weighted by molar-refractivity contribution is 0.440. The second-order valence-corrected chi connectivity index (χ2v) is 2.99. The highest BCUT2D eigenvalue weighted by atomic mass is 16.6. The molecule has 0 aliphatic carbocycles. The Morgan fingerprint density at radius 2 is 2.08 bits per heavy atom. The Morgan fingerprint density at radius 1 is 1.33 bits per heavy atom. The summed E-state index contributed by atoms with van der Waals surface area (Å²) < 4.78 is 5.06. The second-order valence-electron chi connectivity index (χ2n) is 2.99. The molecule has 0 N–H and O–H groups in total. The first-order valence-electron chi connectivity index (χ1n) is 4.27. The highest BCUT2D eigenvalue weighted by molar-refractivity contribution is 5.18. The van der Waals surface area contributed by atoms with Gasteiger partial charge in [-0.15, -0.1) is 0 Å². The highest BCUT2D eigenvalue weighted by Gasteiger charge is 2.17. The van der Waals surface area contributed by atoms with E-state index in [-0.39, 0.29) is 0 Å². The van der Waals surface area contributed by atoms with E-state index in [0.717, 1.165) is 13.0 Å². The molecule has 62 valence electrons. The number of ether oxygens (including phenoxy) is 1. The van der Waals surface area contributed by atoms with Gasteiger partial charge in [0.05, 0.1) is 12.7 Å². The van der Waals surface area contributed by atoms with Crippen LogP contribution in [0.5, 0.6) is 0 Å². The minimum Gasteiger partial charge on any atom is -0.369 e. The molecule has 0 radical (unpaired) electrons. The molecule has 12 heavy (non-hydrogen) atoms. The molecule has 1 fully saturated rings. The van der Waals surface area contributed by atoms with Crippen LogP contribution >= 0.6 is 0 Å². The Hall–Kier alpha value is -1.08. The number of allylic oxidation sites excluding steroid dienone is 1. The van der Waals surface area contributed by atoms with Gasteiger partial charge in [-0.2, -0.15) is 0 Å². The Labute approximate surface area is 72.7 Å². The van der Waals surface area contributed by atoms with Gasteiger partial charge in [-0.05, 0) is 12.0 Å². The molecule has 1 aliphatic heterocycles. The normalized spacial score (nSPS) is 21.5. The van der Waals surface area contributed by atoms with Gasteiger partial charge in [-0.3, -0.25) is 0 Å². The summed E-state index contributed by atoms with van der Waals surface area (Å²) in [5.41, 5.74) is 1.36. The van der Waals surface area contributed by atoms with Crippen LogP contribution in [0.15, 0.2) is 42.5 Å². The molecule has 0 saturated carbocycles. The Morgan fingerprint density at radius 3 is 2.75 bits per heavy atom. The summed E-state index contributed by atoms with van der Waals surface area (Å²) in [6.45, 7) is 0.908. The van der Waals surface area contributed by atoms with Crippen LogP contribution in [0, 0.1) is 0 Å². The van der Waals surface area contributed by atoms with Crippen molar-refractivity contribution in [2.45, 2.75) is 12.5 Å². The third-order valence-corrected chi connectivity index (χ3v) is 1.91. The minimum atomic E-state index is 0.411. The van der Waals surface area contributed by atoms with Crippen LogP contribution < -0.4 is 0 Å². The first kappa shape index (κ1) is 7.56. The Balaban J connectivity index is 1.86. The lowest BCUT2D eigenvalue weighted by Crippen LogP contribution is -1.80. The minimum absolute atomic E-state index is 0.411. The van der Waals surface area contributed by atoms with Crippen LogP contribution in [0.3, 0.4) is 0 Å². The van der Waals surface area contributed by atoms with Gasteiger partial charge >= 0.3 is 0 Å². The number of benzene rings is 1. The van der Waals surface area contributed by atoms with E-state index < -0.39 is 0 Å². The van der Waals surface area contributed by atoms with Gasteiger partial charge in [-0.1, -0.05) is 42.5 Å². The molecule has 1 saturated heterocycles. The van der Waals surface area contributed by atoms with Crippen molar-refractivity contribution < 1.29 is 4.74 Å². The predicted octanol–water partition coefficient (Wildman–Crippen LogP) is 2.18. The maximum absolute atomic E-state index is 5.06. The van der Waals surface area contributed by atoms with Gasteiger partial charge in [0, 0.05) is 0 Å². The standard InChI is InChI=1S/C11H12O/c1-2-5-10(6-3-1)7-4-8-11-9-12-11/h1-6,8,11H,7,9H2/b8-4+. The predicted molar refractivity (Wildman–Crippen MR) is 49.0 cm³/mol. The van der Waals surface area contributed by atoms with E-state index in [1.54, 1.807) is 0 Å². The fraction of sp³-hybridized carbons (Fsp3) is 0.273. The quantitative estimate of drug-likeness (QED) is 0.487. The summed E-state index contributed by atoms with van der Waals surface area (Å²) in [5, 5.41) is 0. The smallest absolute Gasteiger partial charge is 0.0991 e. The zero-order valence-corrected chi connectivity index (χ0v) is 6.94. The number of hydrogen-bond donors (Lipinski definition) is 0. The van der Waals surface area contributed by atoms with E-state index in [1.807, 2.05) is 6.07 Å². The van der Waals surface area contributed by atoms with Crippen molar-refractivity contribution in [3.8, 4) is 0 Å². The van der Waals surface area contributed by atoms with E-state index in [9.17, 15) is 0 Å². The van der Waals surface area contributed by atoms with Crippen LogP contribution in [0.2, 0.25) is 0 Å². The van der Waals surface area contributed by atoms with Gasteiger partial charge in [-0.25, -0.2) is 0 Å². The van der Waals surface area contributed by atoms with Gasteiger partial charge in [0.2, 0.25) is 0 Å². The van der Waals surface area contributed by atoms with Gasteiger partial charge < -0.3 is 4.74 Å². The van der Waals surface area contributed by atoms with Crippen molar-refractivity contribution in [3.63, 3.8) is 0 Å². The molecule has 1 unspecified atom stereocenters. The van der Waals surface area contributed by atoms with E-state index in [2.05, 4.69) is 36.4 Å². The molecule has 1 aliphatic rings. The molecule has 1 nitrogen and oxygen atoms in total. The highest BCUT2D eigenvalue weighted by Crippen LogP contribution is 2.10. The van der Waals surface area contributed by atoms with Crippen molar-refractivity contribution in [2.75, 3.05) is 6.61 Å². The summed E-state index contributed by atoms with van der Waals surface area (Å²) >= 11 is 0. The fourth-order valence-electron chi connectivity index (χ4n) is 1.14. The summed E-state index contributed by atoms with van der Waals surface area (Å²) in [5.74, 6) is 0. The molecule has 0 spiro atoms. The number of hydrogen-bond acceptors (Lipinski definition) is 1. The molecular formula is C11H12O. The zero-order chi connectivity index (χ0) is 8.23. The van der Waals surface area contributed by atoms with Crippen LogP contribution in [-0.4, -0.2) is 12.7 Å². The van der Waals surface area contributed by atoms with Crippen LogP contribution in [-0.2, 0) is 11.2 Å². The Kier molecular flexibility index (Phi) is 2.23. The first-order valence-corrected chi connectivity index (χ1v) is 4.27. The zero-order valence-electron chi connectivity index (χ0n) is 6.94. The molecule has 1 heterocycles. The van der Waals surface area contributed by atoms with Crippen LogP contribution in [0.1, 0.15) is 5.56 Å². The van der Waals surface area contributed by atoms with E-state index in [0.29, 0.717) is 6.10 Å². The summed E-state index contributed by atoms with van der Waals surface area (Å²) in [6, 6.07) is 10.4. The summed E-state index contributed by atoms with van der Waals surface area (Å²) in [7, 11) is 0. The molecule has 1 aromatic carbocycles. The molecular weight excluding hydrogens is 148 g/mol. The lowest BCUT2D eigenvalue weighted by atomic mass is 10.1. The van der Waals surface area contributed by atoms with Crippen molar-refractivity contribution in [1.82, 2.24) is 0 Å². The SMILES string of the molecule is C(=C\C1CO1)/Cc1ccccc1. The maximum atomic E-state index is 5.06.